The lowest BCUT2D eigenvalue weighted by atomic mass is 10.0. The molecule has 1 aliphatic carbocycles. The summed E-state index contributed by atoms with van der Waals surface area (Å²) in [7, 11) is 0. The van der Waals surface area contributed by atoms with Gasteiger partial charge in [-0.3, -0.25) is 0 Å². The Hall–Kier alpha value is -2.68. The zero-order chi connectivity index (χ0) is 17.6. The lowest BCUT2D eigenvalue weighted by Gasteiger charge is -2.14. The highest BCUT2D eigenvalue weighted by molar-refractivity contribution is 5.66. The summed E-state index contributed by atoms with van der Waals surface area (Å²) in [5.74, 6) is 0. The van der Waals surface area contributed by atoms with Crippen molar-refractivity contribution in [2.45, 2.75) is 44.9 Å². The van der Waals surface area contributed by atoms with E-state index in [0.717, 1.165) is 25.0 Å². The molecule has 0 saturated heterocycles. The van der Waals surface area contributed by atoms with Gasteiger partial charge in [-0.05, 0) is 43.2 Å². The van der Waals surface area contributed by atoms with Crippen molar-refractivity contribution < 1.29 is 0 Å². The van der Waals surface area contributed by atoms with Gasteiger partial charge >= 0.3 is 0 Å². The van der Waals surface area contributed by atoms with E-state index in [1.165, 1.54) is 48.2 Å². The standard InChI is InChI=1S/C23H25N3/c1-2-10-16-23-21(15-9-1)24-25-26(23)22(20-13-7-4-8-14-20)18-17-19-11-5-3-6-12-19/h3-8,11-14,18H,1-2,9-10,15-17H2/b22-18+. The van der Waals surface area contributed by atoms with Gasteiger partial charge in [-0.25, -0.2) is 4.68 Å². The molecule has 26 heavy (non-hydrogen) atoms. The van der Waals surface area contributed by atoms with Gasteiger partial charge in [0.25, 0.3) is 0 Å². The quantitative estimate of drug-likeness (QED) is 0.662. The van der Waals surface area contributed by atoms with Crippen LogP contribution in [0, 0.1) is 0 Å². The van der Waals surface area contributed by atoms with Crippen LogP contribution in [0.25, 0.3) is 5.70 Å². The van der Waals surface area contributed by atoms with Gasteiger partial charge in [0.2, 0.25) is 0 Å². The Morgan fingerprint density at radius 3 is 2.31 bits per heavy atom. The number of fused-ring (bicyclic) bond motifs is 1. The fraction of sp³-hybridized carbons (Fsp3) is 0.304. The number of benzene rings is 2. The molecule has 0 bridgehead atoms. The number of aryl methyl sites for hydroxylation is 1. The van der Waals surface area contributed by atoms with Gasteiger partial charge in [-0.2, -0.15) is 0 Å². The Labute approximate surface area is 155 Å². The van der Waals surface area contributed by atoms with E-state index in [2.05, 4.69) is 81.7 Å². The first kappa shape index (κ1) is 16.8. The van der Waals surface area contributed by atoms with Crippen molar-refractivity contribution in [3.8, 4) is 0 Å². The molecule has 1 heterocycles. The molecule has 0 atom stereocenters. The van der Waals surface area contributed by atoms with Crippen LogP contribution < -0.4 is 0 Å². The number of hydrogen-bond acceptors (Lipinski definition) is 2. The molecular weight excluding hydrogens is 318 g/mol. The summed E-state index contributed by atoms with van der Waals surface area (Å²) >= 11 is 0. The van der Waals surface area contributed by atoms with Crippen LogP contribution in [-0.2, 0) is 19.3 Å². The predicted molar refractivity (Wildman–Crippen MR) is 106 cm³/mol. The summed E-state index contributed by atoms with van der Waals surface area (Å²) in [6, 6.07) is 21.2. The smallest absolute Gasteiger partial charge is 0.0863 e. The summed E-state index contributed by atoms with van der Waals surface area (Å²) in [5, 5.41) is 9.10. The zero-order valence-electron chi connectivity index (χ0n) is 15.1. The van der Waals surface area contributed by atoms with Crippen molar-refractivity contribution in [1.29, 1.82) is 0 Å². The summed E-state index contributed by atoms with van der Waals surface area (Å²) in [6.45, 7) is 0. The van der Waals surface area contributed by atoms with Gasteiger partial charge in [0.1, 0.15) is 0 Å². The van der Waals surface area contributed by atoms with Crippen LogP contribution in [0.15, 0.2) is 66.7 Å². The number of nitrogens with zero attached hydrogens (tertiary/aromatic N) is 3. The van der Waals surface area contributed by atoms with Gasteiger partial charge in [-0.15, -0.1) is 5.10 Å². The molecule has 0 aliphatic heterocycles. The van der Waals surface area contributed by atoms with E-state index in [1.54, 1.807) is 0 Å². The van der Waals surface area contributed by atoms with Gasteiger partial charge in [0, 0.05) is 0 Å². The van der Waals surface area contributed by atoms with Crippen LogP contribution in [0.2, 0.25) is 0 Å². The Bertz CT molecular complexity index is 863. The molecule has 1 aliphatic rings. The molecule has 1 aromatic heterocycles. The minimum absolute atomic E-state index is 0.889. The zero-order valence-corrected chi connectivity index (χ0v) is 15.1. The van der Waals surface area contributed by atoms with E-state index in [-0.39, 0.29) is 0 Å². The van der Waals surface area contributed by atoms with E-state index in [1.807, 2.05) is 0 Å². The Morgan fingerprint density at radius 1 is 0.846 bits per heavy atom. The van der Waals surface area contributed by atoms with E-state index < -0.39 is 0 Å². The minimum atomic E-state index is 0.889. The lowest BCUT2D eigenvalue weighted by molar-refractivity contribution is 0.603. The molecule has 0 saturated carbocycles. The van der Waals surface area contributed by atoms with Crippen molar-refractivity contribution >= 4 is 5.70 Å². The maximum Gasteiger partial charge on any atom is 0.0863 e. The molecule has 0 unspecified atom stereocenters. The Kier molecular flexibility index (Phi) is 5.25. The molecule has 0 spiro atoms. The second kappa shape index (κ2) is 8.13. The Balaban J connectivity index is 1.74. The molecule has 132 valence electrons. The first-order valence-corrected chi connectivity index (χ1v) is 9.65. The fourth-order valence-corrected chi connectivity index (χ4v) is 3.67. The third-order valence-electron chi connectivity index (χ3n) is 5.09. The maximum absolute atomic E-state index is 4.57. The lowest BCUT2D eigenvalue weighted by Crippen LogP contribution is -2.09. The summed E-state index contributed by atoms with van der Waals surface area (Å²) in [5.41, 5.74) is 6.13. The van der Waals surface area contributed by atoms with Crippen LogP contribution >= 0.6 is 0 Å². The Morgan fingerprint density at radius 2 is 1.54 bits per heavy atom. The average Bonchev–Trinajstić information content (AvgIpc) is 3.05. The fourth-order valence-electron chi connectivity index (χ4n) is 3.67. The topological polar surface area (TPSA) is 30.7 Å². The van der Waals surface area contributed by atoms with E-state index in [9.17, 15) is 0 Å². The third kappa shape index (κ3) is 3.77. The SMILES string of the molecule is C(/Cc1ccccc1)=C(/c1ccccc1)n1nnc2c1CCCCCC2. The van der Waals surface area contributed by atoms with E-state index in [4.69, 9.17) is 0 Å². The van der Waals surface area contributed by atoms with E-state index >= 15 is 0 Å². The van der Waals surface area contributed by atoms with Crippen LogP contribution in [0.5, 0.6) is 0 Å². The van der Waals surface area contributed by atoms with Crippen molar-refractivity contribution in [3.63, 3.8) is 0 Å². The average molecular weight is 343 g/mol. The number of aromatic nitrogens is 3. The second-order valence-electron chi connectivity index (χ2n) is 6.95. The van der Waals surface area contributed by atoms with Gasteiger partial charge in [0.05, 0.1) is 17.1 Å². The van der Waals surface area contributed by atoms with Crippen LogP contribution in [0.1, 0.15) is 48.2 Å². The van der Waals surface area contributed by atoms with Crippen molar-refractivity contribution in [3.05, 3.63) is 89.3 Å². The second-order valence-corrected chi connectivity index (χ2v) is 6.95. The number of allylic oxidation sites excluding steroid dienone is 1. The normalized spacial score (nSPS) is 15.2. The monoisotopic (exact) mass is 343 g/mol. The predicted octanol–water partition coefficient (Wildman–Crippen LogP) is 5.07. The van der Waals surface area contributed by atoms with Gasteiger partial charge in [-0.1, -0.05) is 84.8 Å². The first-order chi connectivity index (χ1) is 12.9. The molecule has 0 fully saturated rings. The molecule has 3 nitrogen and oxygen atoms in total. The summed E-state index contributed by atoms with van der Waals surface area (Å²) in [4.78, 5) is 0. The first-order valence-electron chi connectivity index (χ1n) is 9.65. The molecule has 2 aromatic carbocycles. The van der Waals surface area contributed by atoms with Gasteiger partial charge < -0.3 is 0 Å². The van der Waals surface area contributed by atoms with Crippen molar-refractivity contribution in [1.82, 2.24) is 15.0 Å². The molecule has 0 radical (unpaired) electrons. The molecule has 0 N–H and O–H groups in total. The number of hydrogen-bond donors (Lipinski definition) is 0. The summed E-state index contributed by atoms with van der Waals surface area (Å²) < 4.78 is 2.10. The van der Waals surface area contributed by atoms with Crippen LogP contribution in [0.3, 0.4) is 0 Å². The van der Waals surface area contributed by atoms with Crippen molar-refractivity contribution in [2.75, 3.05) is 0 Å². The van der Waals surface area contributed by atoms with Crippen molar-refractivity contribution in [2.24, 2.45) is 0 Å². The van der Waals surface area contributed by atoms with Crippen LogP contribution in [-0.4, -0.2) is 15.0 Å². The molecule has 0 amide bonds. The molecule has 4 rings (SSSR count). The van der Waals surface area contributed by atoms with Crippen LogP contribution in [0.4, 0.5) is 0 Å². The maximum atomic E-state index is 4.57. The highest BCUT2D eigenvalue weighted by Crippen LogP contribution is 2.24. The highest BCUT2D eigenvalue weighted by atomic mass is 15.4. The summed E-state index contributed by atoms with van der Waals surface area (Å²) in [6.07, 6.45) is 10.4. The third-order valence-corrected chi connectivity index (χ3v) is 5.09. The molecular formula is C23H25N3. The highest BCUT2D eigenvalue weighted by Gasteiger charge is 2.18. The molecule has 3 aromatic rings. The van der Waals surface area contributed by atoms with E-state index in [0.29, 0.717) is 0 Å². The largest absolute Gasteiger partial charge is 0.217 e. The van der Waals surface area contributed by atoms with Gasteiger partial charge in [0.15, 0.2) is 0 Å². The number of rotatable bonds is 4. The molecule has 3 heteroatoms. The minimum Gasteiger partial charge on any atom is -0.217 e.